The van der Waals surface area contributed by atoms with Crippen molar-refractivity contribution in [2.75, 3.05) is 42.7 Å². The Morgan fingerprint density at radius 3 is 2.20 bits per heavy atom. The summed E-state index contributed by atoms with van der Waals surface area (Å²) in [5, 5.41) is 4.05. The van der Waals surface area contributed by atoms with E-state index in [1.165, 1.54) is 42.7 Å². The summed E-state index contributed by atoms with van der Waals surface area (Å²) in [4.78, 5) is 29.0. The molecule has 0 N–H and O–H groups in total. The number of methoxy groups -OCH3 is 6. The number of carbonyl (C=O) groups excluding carboxylic acids is 2. The normalized spacial score (nSPS) is 21.2. The molecule has 0 aliphatic heterocycles. The lowest BCUT2D eigenvalue weighted by Crippen LogP contribution is -2.43. The SMILES string of the molecule is COC(=O)C1=C(C(=O)OC)[C@@H]2C(=C(C)C1)c1c(cc(OC)c(OC)c1OC)CC[C@]2(N=[N+]=[N-])OC. The minimum Gasteiger partial charge on any atom is -0.493 e. The van der Waals surface area contributed by atoms with E-state index in [4.69, 9.17) is 28.4 Å². The highest BCUT2D eigenvalue weighted by Gasteiger charge is 2.52. The van der Waals surface area contributed by atoms with Crippen LogP contribution in [-0.4, -0.2) is 60.3 Å². The molecule has 0 amide bonds. The highest BCUT2D eigenvalue weighted by atomic mass is 16.5. The van der Waals surface area contributed by atoms with Crippen molar-refractivity contribution in [2.24, 2.45) is 11.0 Å². The van der Waals surface area contributed by atoms with E-state index in [1.807, 2.05) is 13.0 Å². The van der Waals surface area contributed by atoms with Gasteiger partial charge in [-0.3, -0.25) is 0 Å². The summed E-state index contributed by atoms with van der Waals surface area (Å²) in [7, 11) is 8.38. The third-order valence-electron chi connectivity index (χ3n) is 6.59. The molecule has 188 valence electrons. The molecule has 0 heterocycles. The summed E-state index contributed by atoms with van der Waals surface area (Å²) < 4.78 is 32.9. The van der Waals surface area contributed by atoms with Gasteiger partial charge in [0.25, 0.3) is 0 Å². The Morgan fingerprint density at radius 2 is 1.69 bits per heavy atom. The van der Waals surface area contributed by atoms with Gasteiger partial charge < -0.3 is 28.4 Å². The van der Waals surface area contributed by atoms with Crippen molar-refractivity contribution < 1.29 is 38.0 Å². The Balaban J connectivity index is 2.53. The molecule has 1 aromatic carbocycles. The van der Waals surface area contributed by atoms with Crippen LogP contribution in [0, 0.1) is 5.92 Å². The summed E-state index contributed by atoms with van der Waals surface area (Å²) in [6, 6.07) is 1.83. The first kappa shape index (κ1) is 25.9. The van der Waals surface area contributed by atoms with Crippen molar-refractivity contribution in [3.8, 4) is 17.2 Å². The van der Waals surface area contributed by atoms with Crippen LogP contribution in [0.15, 0.2) is 27.9 Å². The third kappa shape index (κ3) is 4.06. The van der Waals surface area contributed by atoms with E-state index in [1.54, 1.807) is 0 Å². The third-order valence-corrected chi connectivity index (χ3v) is 6.59. The Hall–Kier alpha value is -3.69. The smallest absolute Gasteiger partial charge is 0.335 e. The fourth-order valence-electron chi connectivity index (χ4n) is 5.09. The number of nitrogens with zero attached hydrogens (tertiary/aromatic N) is 3. The van der Waals surface area contributed by atoms with Crippen LogP contribution in [-0.2, 0) is 30.2 Å². The van der Waals surface area contributed by atoms with Crippen LogP contribution in [0.5, 0.6) is 17.2 Å². The molecule has 0 fully saturated rings. The number of rotatable bonds is 7. The first-order valence-corrected chi connectivity index (χ1v) is 10.8. The lowest BCUT2D eigenvalue weighted by Gasteiger charge is -2.40. The molecule has 0 aromatic heterocycles. The number of esters is 2. The molecule has 0 bridgehead atoms. The molecule has 2 atom stereocenters. The maximum absolute atomic E-state index is 13.2. The summed E-state index contributed by atoms with van der Waals surface area (Å²) >= 11 is 0. The second-order valence-corrected chi connectivity index (χ2v) is 8.10. The topological polar surface area (TPSA) is 138 Å². The predicted molar refractivity (Wildman–Crippen MR) is 125 cm³/mol. The zero-order valence-corrected chi connectivity index (χ0v) is 20.9. The molecule has 0 spiro atoms. The minimum atomic E-state index is -1.56. The Bertz CT molecular complexity index is 1170. The van der Waals surface area contributed by atoms with Crippen molar-refractivity contribution in [1.29, 1.82) is 0 Å². The molecule has 35 heavy (non-hydrogen) atoms. The van der Waals surface area contributed by atoms with Crippen molar-refractivity contribution in [1.82, 2.24) is 0 Å². The van der Waals surface area contributed by atoms with Crippen LogP contribution in [0.25, 0.3) is 16.0 Å². The van der Waals surface area contributed by atoms with Gasteiger partial charge in [0.05, 0.1) is 52.6 Å². The molecule has 2 aliphatic carbocycles. The average Bonchev–Trinajstić information content (AvgIpc) is 3.02. The standard InChI is InChI=1S/C24H29N3O8/c1-12-10-14(22(28)33-5)18(23(29)34-6)19-16(12)17-13(8-9-24(19,35-7)26-27-25)11-15(30-2)20(31-3)21(17)32-4/h11,19H,8-10H2,1-7H3/t19-,24-/m0/s1. The van der Waals surface area contributed by atoms with Crippen molar-refractivity contribution in [2.45, 2.75) is 31.9 Å². The molecule has 1 aromatic rings. The zero-order valence-electron chi connectivity index (χ0n) is 20.9. The van der Waals surface area contributed by atoms with Crippen LogP contribution in [0.3, 0.4) is 0 Å². The minimum absolute atomic E-state index is 0.0129. The molecule has 0 saturated heterocycles. The van der Waals surface area contributed by atoms with Gasteiger partial charge in [0.15, 0.2) is 17.2 Å². The molecule has 11 heteroatoms. The van der Waals surface area contributed by atoms with Gasteiger partial charge in [-0.15, -0.1) is 0 Å². The van der Waals surface area contributed by atoms with E-state index in [2.05, 4.69) is 10.0 Å². The largest absolute Gasteiger partial charge is 0.493 e. The van der Waals surface area contributed by atoms with E-state index >= 15 is 0 Å². The molecule has 2 aliphatic rings. The first-order valence-electron chi connectivity index (χ1n) is 10.8. The number of benzene rings is 1. The highest BCUT2D eigenvalue weighted by molar-refractivity contribution is 6.05. The van der Waals surface area contributed by atoms with Crippen LogP contribution < -0.4 is 14.2 Å². The summed E-state index contributed by atoms with van der Waals surface area (Å²) in [5.41, 5.74) is 10.9. The number of azide groups is 1. The first-order chi connectivity index (χ1) is 16.8. The van der Waals surface area contributed by atoms with E-state index in [0.29, 0.717) is 34.8 Å². The zero-order chi connectivity index (χ0) is 25.9. The maximum atomic E-state index is 13.2. The van der Waals surface area contributed by atoms with E-state index in [0.717, 1.165) is 11.1 Å². The monoisotopic (exact) mass is 487 g/mol. The maximum Gasteiger partial charge on any atom is 0.335 e. The molecule has 0 unspecified atom stereocenters. The van der Waals surface area contributed by atoms with Crippen LogP contribution >= 0.6 is 0 Å². The lowest BCUT2D eigenvalue weighted by atomic mass is 9.70. The molecule has 0 radical (unpaired) electrons. The average molecular weight is 488 g/mol. The number of allylic oxidation sites excluding steroid dienone is 1. The second-order valence-electron chi connectivity index (χ2n) is 8.10. The molecule has 3 rings (SSSR count). The van der Waals surface area contributed by atoms with E-state index in [-0.39, 0.29) is 24.0 Å². The number of aryl methyl sites for hydroxylation is 1. The number of hydrogen-bond acceptors (Lipinski definition) is 9. The molecule has 0 saturated carbocycles. The summed E-state index contributed by atoms with van der Waals surface area (Å²) in [6.07, 6.45) is 0.680. The Morgan fingerprint density at radius 1 is 1.03 bits per heavy atom. The highest BCUT2D eigenvalue weighted by Crippen LogP contribution is 2.57. The van der Waals surface area contributed by atoms with Gasteiger partial charge in [0, 0.05) is 24.0 Å². The van der Waals surface area contributed by atoms with Gasteiger partial charge in [-0.25, -0.2) is 9.59 Å². The number of hydrogen-bond donors (Lipinski definition) is 0. The molecular formula is C24H29N3O8. The lowest BCUT2D eigenvalue weighted by molar-refractivity contribution is -0.141. The van der Waals surface area contributed by atoms with E-state index < -0.39 is 23.6 Å². The van der Waals surface area contributed by atoms with Gasteiger partial charge in [0.1, 0.15) is 0 Å². The predicted octanol–water partition coefficient (Wildman–Crippen LogP) is 3.75. The summed E-state index contributed by atoms with van der Waals surface area (Å²) in [6.45, 7) is 1.83. The Labute approximate surface area is 203 Å². The van der Waals surface area contributed by atoms with Gasteiger partial charge in [-0.05, 0) is 42.5 Å². The quantitative estimate of drug-likeness (QED) is 0.245. The van der Waals surface area contributed by atoms with Crippen molar-refractivity contribution in [3.05, 3.63) is 44.4 Å². The van der Waals surface area contributed by atoms with Gasteiger partial charge in [-0.2, -0.15) is 0 Å². The molecular weight excluding hydrogens is 458 g/mol. The Kier molecular flexibility index (Phi) is 7.62. The van der Waals surface area contributed by atoms with Gasteiger partial charge in [0.2, 0.25) is 5.75 Å². The van der Waals surface area contributed by atoms with Crippen molar-refractivity contribution in [3.63, 3.8) is 0 Å². The second kappa shape index (κ2) is 10.3. The fourth-order valence-corrected chi connectivity index (χ4v) is 5.09. The fraction of sp³-hybridized carbons (Fsp3) is 0.500. The molecule has 11 nitrogen and oxygen atoms in total. The summed E-state index contributed by atoms with van der Waals surface area (Å²) in [5.74, 6) is -1.21. The van der Waals surface area contributed by atoms with Crippen molar-refractivity contribution >= 4 is 17.5 Å². The van der Waals surface area contributed by atoms with Crippen LogP contribution in [0.4, 0.5) is 0 Å². The number of carbonyl (C=O) groups is 2. The van der Waals surface area contributed by atoms with Crippen LogP contribution in [0.1, 0.15) is 30.9 Å². The van der Waals surface area contributed by atoms with Gasteiger partial charge >= 0.3 is 11.9 Å². The van der Waals surface area contributed by atoms with Gasteiger partial charge in [-0.1, -0.05) is 10.7 Å². The number of ether oxygens (including phenoxy) is 6. The van der Waals surface area contributed by atoms with Crippen LogP contribution in [0.2, 0.25) is 0 Å². The van der Waals surface area contributed by atoms with E-state index in [9.17, 15) is 15.1 Å². The number of fused-ring (bicyclic) bond motifs is 3.